The van der Waals surface area contributed by atoms with Crippen LogP contribution in [0.25, 0.3) is 0 Å². The van der Waals surface area contributed by atoms with Crippen LogP contribution >= 0.6 is 12.2 Å². The summed E-state index contributed by atoms with van der Waals surface area (Å²) in [7, 11) is -3.49. The number of nitrogens with one attached hydrogen (secondary N) is 1. The maximum atomic E-state index is 12.3. The molecule has 1 saturated carbocycles. The van der Waals surface area contributed by atoms with Gasteiger partial charge in [0.25, 0.3) is 0 Å². The number of nitrogens with two attached hydrogens (primary N) is 1. The van der Waals surface area contributed by atoms with Crippen molar-refractivity contribution in [1.82, 2.24) is 4.72 Å². The van der Waals surface area contributed by atoms with Crippen molar-refractivity contribution in [2.45, 2.75) is 37.1 Å². The molecule has 0 radical (unpaired) electrons. The number of benzene rings is 1. The molecule has 0 aliphatic heterocycles. The van der Waals surface area contributed by atoms with E-state index in [1.165, 1.54) is 0 Å². The first-order valence-corrected chi connectivity index (χ1v) is 8.17. The molecule has 0 saturated heterocycles. The molecule has 19 heavy (non-hydrogen) atoms. The highest BCUT2D eigenvalue weighted by Gasteiger charge is 2.32. The molecule has 0 aromatic heterocycles. The van der Waals surface area contributed by atoms with E-state index in [9.17, 15) is 8.42 Å². The minimum atomic E-state index is -3.49. The normalized spacial score (nSPS) is 23.4. The largest absolute Gasteiger partial charge is 0.393 e. The molecule has 1 aliphatic carbocycles. The first kappa shape index (κ1) is 14.4. The maximum absolute atomic E-state index is 12.3. The van der Waals surface area contributed by atoms with Crippen molar-refractivity contribution in [3.8, 4) is 0 Å². The van der Waals surface area contributed by atoms with Crippen molar-refractivity contribution in [2.75, 3.05) is 0 Å². The van der Waals surface area contributed by atoms with Crippen LogP contribution in [0.4, 0.5) is 0 Å². The second-order valence-electron chi connectivity index (χ2n) is 4.98. The number of aryl methyl sites for hydroxylation is 1. The van der Waals surface area contributed by atoms with Crippen molar-refractivity contribution in [3.63, 3.8) is 0 Å². The minimum absolute atomic E-state index is 0.0322. The Hall–Kier alpha value is -0.980. The fourth-order valence-electron chi connectivity index (χ4n) is 2.43. The standard InChI is InChI=1S/C13H18N2O2S2/c1-9-5-7-10(8-6-9)19(16,17)15-12-4-2-3-11(12)13(14)18/h5-8,11-12,15H,2-4H2,1H3,(H2,14,18). The van der Waals surface area contributed by atoms with Crippen molar-refractivity contribution in [2.24, 2.45) is 11.7 Å². The molecule has 4 nitrogen and oxygen atoms in total. The highest BCUT2D eigenvalue weighted by atomic mass is 32.2. The monoisotopic (exact) mass is 298 g/mol. The van der Waals surface area contributed by atoms with E-state index in [1.807, 2.05) is 6.92 Å². The van der Waals surface area contributed by atoms with Gasteiger partial charge in [0.15, 0.2) is 0 Å². The molecule has 1 aliphatic rings. The quantitative estimate of drug-likeness (QED) is 0.830. The summed E-state index contributed by atoms with van der Waals surface area (Å²) in [4.78, 5) is 0.681. The summed E-state index contributed by atoms with van der Waals surface area (Å²) in [5.41, 5.74) is 6.69. The van der Waals surface area contributed by atoms with Crippen LogP contribution < -0.4 is 10.5 Å². The Morgan fingerprint density at radius 3 is 2.53 bits per heavy atom. The summed E-state index contributed by atoms with van der Waals surface area (Å²) < 4.78 is 27.3. The summed E-state index contributed by atoms with van der Waals surface area (Å²) >= 11 is 5.00. The zero-order chi connectivity index (χ0) is 14.0. The van der Waals surface area contributed by atoms with E-state index >= 15 is 0 Å². The second kappa shape index (κ2) is 5.56. The minimum Gasteiger partial charge on any atom is -0.393 e. The predicted molar refractivity (Wildman–Crippen MR) is 79.4 cm³/mol. The van der Waals surface area contributed by atoms with Gasteiger partial charge in [-0.15, -0.1) is 0 Å². The Bertz CT molecular complexity index is 567. The molecular weight excluding hydrogens is 280 g/mol. The van der Waals surface area contributed by atoms with E-state index in [0.717, 1.165) is 24.8 Å². The van der Waals surface area contributed by atoms with Gasteiger partial charge in [-0.1, -0.05) is 36.3 Å². The molecule has 1 aromatic carbocycles. The second-order valence-corrected chi connectivity index (χ2v) is 7.17. The van der Waals surface area contributed by atoms with Crippen molar-refractivity contribution < 1.29 is 8.42 Å². The number of rotatable bonds is 4. The molecule has 0 heterocycles. The summed E-state index contributed by atoms with van der Waals surface area (Å²) in [5, 5.41) is 0. The lowest BCUT2D eigenvalue weighted by molar-refractivity contribution is 0.525. The van der Waals surface area contributed by atoms with Crippen LogP contribution in [0.5, 0.6) is 0 Å². The van der Waals surface area contributed by atoms with Crippen LogP contribution in [-0.2, 0) is 10.0 Å². The third-order valence-electron chi connectivity index (χ3n) is 3.52. The predicted octanol–water partition coefficient (Wildman–Crippen LogP) is 1.73. The summed E-state index contributed by atoms with van der Waals surface area (Å²) in [6.07, 6.45) is 2.59. The zero-order valence-corrected chi connectivity index (χ0v) is 12.4. The Morgan fingerprint density at radius 1 is 1.32 bits per heavy atom. The first-order valence-electron chi connectivity index (χ1n) is 6.28. The van der Waals surface area contributed by atoms with Crippen molar-refractivity contribution >= 4 is 27.2 Å². The summed E-state index contributed by atoms with van der Waals surface area (Å²) in [5.74, 6) is -0.0322. The van der Waals surface area contributed by atoms with Crippen LogP contribution in [0.1, 0.15) is 24.8 Å². The van der Waals surface area contributed by atoms with Gasteiger partial charge in [0.2, 0.25) is 10.0 Å². The lowest BCUT2D eigenvalue weighted by Crippen LogP contribution is -2.41. The average molecular weight is 298 g/mol. The molecule has 0 spiro atoms. The van der Waals surface area contributed by atoms with Gasteiger partial charge in [-0.2, -0.15) is 0 Å². The van der Waals surface area contributed by atoms with Gasteiger partial charge in [0, 0.05) is 12.0 Å². The van der Waals surface area contributed by atoms with Gasteiger partial charge in [0.05, 0.1) is 9.88 Å². The lowest BCUT2D eigenvalue weighted by Gasteiger charge is -2.19. The number of thiocarbonyl (C=S) groups is 1. The van der Waals surface area contributed by atoms with Crippen LogP contribution in [0.3, 0.4) is 0 Å². The van der Waals surface area contributed by atoms with Gasteiger partial charge in [-0.25, -0.2) is 13.1 Å². The van der Waals surface area contributed by atoms with Gasteiger partial charge >= 0.3 is 0 Å². The van der Waals surface area contributed by atoms with Gasteiger partial charge in [-0.05, 0) is 31.9 Å². The molecular formula is C13H18N2O2S2. The Kier molecular flexibility index (Phi) is 4.23. The Morgan fingerprint density at radius 2 is 1.95 bits per heavy atom. The van der Waals surface area contributed by atoms with E-state index < -0.39 is 10.0 Å². The molecule has 2 rings (SSSR count). The van der Waals surface area contributed by atoms with E-state index in [2.05, 4.69) is 4.72 Å². The number of sulfonamides is 1. The Balaban J connectivity index is 2.17. The molecule has 1 fully saturated rings. The average Bonchev–Trinajstić information content (AvgIpc) is 2.77. The van der Waals surface area contributed by atoms with Gasteiger partial charge in [-0.3, -0.25) is 0 Å². The molecule has 3 N–H and O–H groups in total. The van der Waals surface area contributed by atoms with Crippen LogP contribution in [0.2, 0.25) is 0 Å². The van der Waals surface area contributed by atoms with Crippen LogP contribution in [0, 0.1) is 12.8 Å². The molecule has 1 aromatic rings. The van der Waals surface area contributed by atoms with Crippen molar-refractivity contribution in [3.05, 3.63) is 29.8 Å². The highest BCUT2D eigenvalue weighted by Crippen LogP contribution is 2.27. The maximum Gasteiger partial charge on any atom is 0.240 e. The Labute approximate surface area is 119 Å². The van der Waals surface area contributed by atoms with Crippen LogP contribution in [0.15, 0.2) is 29.2 Å². The van der Waals surface area contributed by atoms with E-state index in [4.69, 9.17) is 18.0 Å². The lowest BCUT2D eigenvalue weighted by atomic mass is 10.1. The zero-order valence-electron chi connectivity index (χ0n) is 10.8. The molecule has 0 amide bonds. The fraction of sp³-hybridized carbons (Fsp3) is 0.462. The van der Waals surface area contributed by atoms with Crippen molar-refractivity contribution in [1.29, 1.82) is 0 Å². The number of hydrogen-bond acceptors (Lipinski definition) is 3. The molecule has 6 heteroatoms. The summed E-state index contributed by atoms with van der Waals surface area (Å²) in [6, 6.07) is 6.62. The van der Waals surface area contributed by atoms with E-state index in [-0.39, 0.29) is 16.9 Å². The molecule has 0 bridgehead atoms. The highest BCUT2D eigenvalue weighted by molar-refractivity contribution is 7.89. The van der Waals surface area contributed by atoms with E-state index in [0.29, 0.717) is 4.99 Å². The third kappa shape index (κ3) is 3.32. The van der Waals surface area contributed by atoms with E-state index in [1.54, 1.807) is 24.3 Å². The molecule has 2 unspecified atom stereocenters. The summed E-state index contributed by atoms with van der Waals surface area (Å²) in [6.45, 7) is 1.92. The number of hydrogen-bond donors (Lipinski definition) is 2. The third-order valence-corrected chi connectivity index (χ3v) is 5.33. The molecule has 2 atom stereocenters. The first-order chi connectivity index (χ1) is 8.90. The topological polar surface area (TPSA) is 72.2 Å². The van der Waals surface area contributed by atoms with Gasteiger partial charge < -0.3 is 5.73 Å². The fourth-order valence-corrected chi connectivity index (χ4v) is 4.02. The SMILES string of the molecule is Cc1ccc(S(=O)(=O)NC2CCCC2C(N)=S)cc1. The smallest absolute Gasteiger partial charge is 0.240 e. The van der Waals surface area contributed by atoms with Crippen LogP contribution in [-0.4, -0.2) is 19.4 Å². The molecule has 104 valence electrons. The van der Waals surface area contributed by atoms with Gasteiger partial charge in [0.1, 0.15) is 0 Å².